The number of nitrogens with one attached hydrogen (secondary N) is 1. The average Bonchev–Trinajstić information content (AvgIpc) is 3.32. The molecule has 0 bridgehead atoms. The first-order valence-electron chi connectivity index (χ1n) is 13.3. The van der Waals surface area contributed by atoms with Crippen LogP contribution in [-0.2, 0) is 14.4 Å². The van der Waals surface area contributed by atoms with Gasteiger partial charge >= 0.3 is 0 Å². The van der Waals surface area contributed by atoms with Crippen molar-refractivity contribution in [1.82, 2.24) is 10.3 Å². The molecule has 3 aromatic rings. The number of benzene rings is 2. The number of aryl methyl sites for hydroxylation is 1. The predicted octanol–water partition coefficient (Wildman–Crippen LogP) is 5.38. The van der Waals surface area contributed by atoms with Crippen LogP contribution in [0.5, 0.6) is 0 Å². The van der Waals surface area contributed by atoms with E-state index in [1.807, 2.05) is 6.07 Å². The standard InChI is InChI=1S/C30H24ClF4N5O3/c1-16-2-3-23(31)22(8-16)27(28(42)38-20-13-30(34,35)14-20)39(21-11-18(32)10-19(33)12-21)29(43)24-4-5-26(41)40(24)25-9-17(15-36)6-7-37-25/h2-3,6-12,20,24,27H,4-5,13-14H2,1H3,(H,38,42)/t24-,27-/m0/s1. The summed E-state index contributed by atoms with van der Waals surface area (Å²) in [5.74, 6) is -7.39. The van der Waals surface area contributed by atoms with Gasteiger partial charge in [-0.3, -0.25) is 24.2 Å². The first-order valence-corrected chi connectivity index (χ1v) is 13.7. The Bertz CT molecular complexity index is 1630. The van der Waals surface area contributed by atoms with Gasteiger partial charge in [0, 0.05) is 48.2 Å². The Morgan fingerprint density at radius 2 is 1.84 bits per heavy atom. The summed E-state index contributed by atoms with van der Waals surface area (Å²) in [5.41, 5.74) is 0.502. The molecule has 2 fully saturated rings. The third-order valence-electron chi connectivity index (χ3n) is 7.37. The third kappa shape index (κ3) is 6.17. The molecule has 2 heterocycles. The topological polar surface area (TPSA) is 106 Å². The number of nitrogens with zero attached hydrogens (tertiary/aromatic N) is 4. The van der Waals surface area contributed by atoms with Gasteiger partial charge in [-0.15, -0.1) is 0 Å². The number of aromatic nitrogens is 1. The van der Waals surface area contributed by atoms with Crippen LogP contribution in [0.3, 0.4) is 0 Å². The number of hydrogen-bond acceptors (Lipinski definition) is 5. The quantitative estimate of drug-likeness (QED) is 0.360. The van der Waals surface area contributed by atoms with Gasteiger partial charge in [0.2, 0.25) is 11.8 Å². The molecule has 8 nitrogen and oxygen atoms in total. The molecule has 0 spiro atoms. The molecule has 2 atom stereocenters. The van der Waals surface area contributed by atoms with Crippen LogP contribution in [0.1, 0.15) is 48.4 Å². The largest absolute Gasteiger partial charge is 0.351 e. The van der Waals surface area contributed by atoms with Gasteiger partial charge in [0.25, 0.3) is 11.8 Å². The number of pyridine rings is 1. The number of alkyl halides is 2. The maximum absolute atomic E-state index is 14.6. The Balaban J connectivity index is 1.65. The number of hydrogen-bond donors (Lipinski definition) is 1. The lowest BCUT2D eigenvalue weighted by Gasteiger charge is -2.39. The summed E-state index contributed by atoms with van der Waals surface area (Å²) < 4.78 is 56.5. The van der Waals surface area contributed by atoms with Crippen molar-refractivity contribution >= 4 is 40.8 Å². The highest BCUT2D eigenvalue weighted by atomic mass is 35.5. The smallest absolute Gasteiger partial charge is 0.252 e. The van der Waals surface area contributed by atoms with Crippen molar-refractivity contribution in [3.63, 3.8) is 0 Å². The van der Waals surface area contributed by atoms with E-state index in [4.69, 9.17) is 11.6 Å². The summed E-state index contributed by atoms with van der Waals surface area (Å²) in [6.07, 6.45) is -0.102. The number of rotatable bonds is 7. The van der Waals surface area contributed by atoms with Gasteiger partial charge in [-0.1, -0.05) is 29.3 Å². The minimum atomic E-state index is -2.97. The molecule has 0 radical (unpaired) electrons. The predicted molar refractivity (Wildman–Crippen MR) is 148 cm³/mol. The van der Waals surface area contributed by atoms with E-state index >= 15 is 0 Å². The fourth-order valence-corrected chi connectivity index (χ4v) is 5.60. The van der Waals surface area contributed by atoms with E-state index in [0.29, 0.717) is 11.6 Å². The van der Waals surface area contributed by atoms with Crippen LogP contribution in [-0.4, -0.2) is 40.7 Å². The number of anilines is 2. The molecule has 43 heavy (non-hydrogen) atoms. The van der Waals surface area contributed by atoms with Crippen LogP contribution in [0.2, 0.25) is 5.02 Å². The number of amides is 3. The van der Waals surface area contributed by atoms with Gasteiger partial charge in [-0.2, -0.15) is 5.26 Å². The SMILES string of the molecule is Cc1ccc(Cl)c([C@@H](C(=O)NC2CC(F)(F)C2)N(C(=O)[C@@H]2CCC(=O)N2c2cc(C#N)ccn2)c2cc(F)cc(F)c2)c1. The molecule has 1 saturated heterocycles. The second-order valence-corrected chi connectivity index (χ2v) is 11.0. The Hall–Kier alpha value is -4.50. The lowest BCUT2D eigenvalue weighted by atomic mass is 9.87. The van der Waals surface area contributed by atoms with Crippen LogP contribution >= 0.6 is 11.6 Å². The third-order valence-corrected chi connectivity index (χ3v) is 7.71. The van der Waals surface area contributed by atoms with E-state index in [9.17, 15) is 37.2 Å². The highest BCUT2D eigenvalue weighted by Gasteiger charge is 2.48. The van der Waals surface area contributed by atoms with E-state index in [1.54, 1.807) is 13.0 Å². The van der Waals surface area contributed by atoms with Crippen molar-refractivity contribution in [2.75, 3.05) is 9.80 Å². The van der Waals surface area contributed by atoms with Gasteiger partial charge < -0.3 is 5.32 Å². The Morgan fingerprint density at radius 1 is 1.14 bits per heavy atom. The van der Waals surface area contributed by atoms with E-state index in [2.05, 4.69) is 10.3 Å². The molecule has 2 aromatic carbocycles. The van der Waals surface area contributed by atoms with E-state index < -0.39 is 66.2 Å². The van der Waals surface area contributed by atoms with Crippen molar-refractivity contribution in [3.05, 3.63) is 88.1 Å². The van der Waals surface area contributed by atoms with Crippen LogP contribution in [0, 0.1) is 29.9 Å². The number of halogens is 5. The molecule has 5 rings (SSSR count). The number of carbonyl (C=O) groups is 3. The lowest BCUT2D eigenvalue weighted by Crippen LogP contribution is -2.56. The lowest BCUT2D eigenvalue weighted by molar-refractivity contribution is -0.133. The van der Waals surface area contributed by atoms with Gasteiger partial charge in [-0.25, -0.2) is 22.5 Å². The molecule has 0 unspecified atom stereocenters. The molecule has 3 amide bonds. The molecule has 1 aliphatic carbocycles. The fraction of sp³-hybridized carbons (Fsp3) is 0.300. The zero-order chi connectivity index (χ0) is 31.1. The van der Waals surface area contributed by atoms with E-state index in [1.165, 1.54) is 30.5 Å². The van der Waals surface area contributed by atoms with Gasteiger partial charge in [0.15, 0.2) is 0 Å². The van der Waals surface area contributed by atoms with Gasteiger partial charge in [0.05, 0.1) is 17.3 Å². The number of carbonyl (C=O) groups excluding carboxylic acids is 3. The summed E-state index contributed by atoms with van der Waals surface area (Å²) in [4.78, 5) is 47.5. The monoisotopic (exact) mass is 613 g/mol. The second-order valence-electron chi connectivity index (χ2n) is 10.6. The van der Waals surface area contributed by atoms with Crippen LogP contribution in [0.4, 0.5) is 29.1 Å². The minimum absolute atomic E-state index is 0.00318. The number of nitriles is 1. The first-order chi connectivity index (χ1) is 20.4. The Kier molecular flexibility index (Phi) is 8.12. The second kappa shape index (κ2) is 11.6. The van der Waals surface area contributed by atoms with E-state index in [-0.39, 0.29) is 40.5 Å². The van der Waals surface area contributed by atoms with Crippen LogP contribution in [0.25, 0.3) is 0 Å². The first kappa shape index (κ1) is 30.0. The highest BCUT2D eigenvalue weighted by molar-refractivity contribution is 6.32. The summed E-state index contributed by atoms with van der Waals surface area (Å²) in [7, 11) is 0. The Labute approximate surface area is 248 Å². The Morgan fingerprint density at radius 3 is 2.49 bits per heavy atom. The molecule has 1 aromatic heterocycles. The fourth-order valence-electron chi connectivity index (χ4n) is 5.38. The molecular formula is C30H24ClF4N5O3. The van der Waals surface area contributed by atoms with Gasteiger partial charge in [0.1, 0.15) is 29.5 Å². The van der Waals surface area contributed by atoms with Crippen LogP contribution < -0.4 is 15.1 Å². The highest BCUT2D eigenvalue weighted by Crippen LogP contribution is 2.40. The molecular weight excluding hydrogens is 590 g/mol. The van der Waals surface area contributed by atoms with Crippen LogP contribution in [0.15, 0.2) is 54.7 Å². The summed E-state index contributed by atoms with van der Waals surface area (Å²) in [5, 5.41) is 11.9. The molecule has 222 valence electrons. The van der Waals surface area contributed by atoms with Crippen molar-refractivity contribution < 1.29 is 31.9 Å². The maximum Gasteiger partial charge on any atom is 0.252 e. The van der Waals surface area contributed by atoms with E-state index in [0.717, 1.165) is 21.9 Å². The molecule has 2 aliphatic rings. The minimum Gasteiger partial charge on any atom is -0.351 e. The maximum atomic E-state index is 14.6. The molecule has 1 aliphatic heterocycles. The van der Waals surface area contributed by atoms with Crippen molar-refractivity contribution in [1.29, 1.82) is 5.26 Å². The molecule has 13 heteroatoms. The molecule has 1 saturated carbocycles. The zero-order valence-corrected chi connectivity index (χ0v) is 23.4. The average molecular weight is 614 g/mol. The molecule has 1 N–H and O–H groups in total. The normalized spacial score (nSPS) is 18.5. The summed E-state index contributed by atoms with van der Waals surface area (Å²) in [6, 6.07) is 7.67. The summed E-state index contributed by atoms with van der Waals surface area (Å²) >= 11 is 6.51. The van der Waals surface area contributed by atoms with Crippen molar-refractivity contribution in [2.24, 2.45) is 0 Å². The van der Waals surface area contributed by atoms with Crippen molar-refractivity contribution in [3.8, 4) is 6.07 Å². The van der Waals surface area contributed by atoms with Crippen molar-refractivity contribution in [2.45, 2.75) is 56.7 Å². The van der Waals surface area contributed by atoms with Gasteiger partial charge in [-0.05, 0) is 43.7 Å². The summed E-state index contributed by atoms with van der Waals surface area (Å²) in [6.45, 7) is 1.69. The zero-order valence-electron chi connectivity index (χ0n) is 22.7.